The summed E-state index contributed by atoms with van der Waals surface area (Å²) in [7, 11) is 0. The van der Waals surface area contributed by atoms with E-state index < -0.39 is 40.8 Å². The fourth-order valence-corrected chi connectivity index (χ4v) is 6.25. The van der Waals surface area contributed by atoms with Gasteiger partial charge in [-0.3, -0.25) is 9.59 Å². The van der Waals surface area contributed by atoms with Crippen LogP contribution in [-0.2, 0) is 30.3 Å². The average molecular weight is 572 g/mol. The molecule has 1 aromatic rings. The zero-order chi connectivity index (χ0) is 30.1. The Labute approximate surface area is 246 Å². The Morgan fingerprint density at radius 2 is 1.68 bits per heavy atom. The zero-order valence-corrected chi connectivity index (χ0v) is 25.8. The molecule has 2 N–H and O–H groups in total. The smallest absolute Gasteiger partial charge is 0.250 e. The Hall–Kier alpha value is -2.45. The molecule has 1 saturated carbocycles. The maximum absolute atomic E-state index is 14.0. The van der Waals surface area contributed by atoms with Gasteiger partial charge in [-0.15, -0.1) is 0 Å². The Morgan fingerprint density at radius 1 is 1.00 bits per heavy atom. The predicted octanol–water partition coefficient (Wildman–Crippen LogP) is 4.44. The number of carboxylic acids is 1. The Balaban J connectivity index is 1.86. The van der Waals surface area contributed by atoms with Crippen molar-refractivity contribution >= 4 is 17.8 Å². The van der Waals surface area contributed by atoms with Crippen LogP contribution in [0.3, 0.4) is 0 Å². The topological polar surface area (TPSA) is 117 Å². The highest BCUT2D eigenvalue weighted by molar-refractivity contribution is 5.84. The van der Waals surface area contributed by atoms with Gasteiger partial charge < -0.3 is 30.0 Å². The van der Waals surface area contributed by atoms with Gasteiger partial charge >= 0.3 is 0 Å². The van der Waals surface area contributed by atoms with Gasteiger partial charge in [-0.05, 0) is 45.1 Å². The molecule has 2 fully saturated rings. The van der Waals surface area contributed by atoms with Crippen LogP contribution in [0.5, 0.6) is 0 Å². The van der Waals surface area contributed by atoms with Crippen molar-refractivity contribution in [2.75, 3.05) is 6.61 Å². The summed E-state index contributed by atoms with van der Waals surface area (Å²) in [6.07, 6.45) is 8.28. The van der Waals surface area contributed by atoms with E-state index in [2.05, 4.69) is 17.6 Å². The fourth-order valence-electron chi connectivity index (χ4n) is 6.25. The number of hydrogen-bond acceptors (Lipinski definition) is 6. The SMILES string of the molecule is CCCCCCC(Cc1ccccc1)C(=O)NC1(C(CC(=O)[O-])NC(=O)C2OC(C)(C)OCC2(C)C)CCCCC1. The molecule has 2 aliphatic rings. The molecule has 230 valence electrons. The second kappa shape index (κ2) is 14.6. The molecule has 1 saturated heterocycles. The quantitative estimate of drug-likeness (QED) is 0.319. The van der Waals surface area contributed by atoms with Crippen LogP contribution in [0.25, 0.3) is 0 Å². The van der Waals surface area contributed by atoms with Crippen LogP contribution < -0.4 is 15.7 Å². The van der Waals surface area contributed by atoms with Crippen molar-refractivity contribution in [2.24, 2.45) is 11.3 Å². The molecule has 8 nitrogen and oxygen atoms in total. The van der Waals surface area contributed by atoms with E-state index in [1.54, 1.807) is 13.8 Å². The first-order valence-electron chi connectivity index (χ1n) is 15.6. The highest BCUT2D eigenvalue weighted by Crippen LogP contribution is 2.37. The minimum absolute atomic E-state index is 0.0753. The van der Waals surface area contributed by atoms with Gasteiger partial charge in [0, 0.05) is 23.7 Å². The molecule has 3 rings (SSSR count). The summed E-state index contributed by atoms with van der Waals surface area (Å²) in [6.45, 7) is 9.80. The van der Waals surface area contributed by atoms with Crippen molar-refractivity contribution < 1.29 is 29.0 Å². The summed E-state index contributed by atoms with van der Waals surface area (Å²) in [6, 6.07) is 9.19. The summed E-state index contributed by atoms with van der Waals surface area (Å²) in [5.74, 6) is -2.92. The number of ether oxygens (including phenoxy) is 2. The highest BCUT2D eigenvalue weighted by atomic mass is 16.7. The van der Waals surface area contributed by atoms with Crippen LogP contribution in [0.15, 0.2) is 30.3 Å². The number of amides is 2. The van der Waals surface area contributed by atoms with Crippen molar-refractivity contribution in [1.29, 1.82) is 0 Å². The number of rotatable bonds is 14. The predicted molar refractivity (Wildman–Crippen MR) is 157 cm³/mol. The van der Waals surface area contributed by atoms with Gasteiger partial charge in [-0.2, -0.15) is 0 Å². The van der Waals surface area contributed by atoms with Gasteiger partial charge in [0.15, 0.2) is 5.79 Å². The van der Waals surface area contributed by atoms with Crippen LogP contribution >= 0.6 is 0 Å². The van der Waals surface area contributed by atoms with E-state index in [1.165, 1.54) is 0 Å². The molecule has 0 bridgehead atoms. The second-order valence-electron chi connectivity index (χ2n) is 13.3. The van der Waals surface area contributed by atoms with Gasteiger partial charge in [0.05, 0.1) is 18.2 Å². The third-order valence-corrected chi connectivity index (χ3v) is 8.72. The van der Waals surface area contributed by atoms with E-state index in [-0.39, 0.29) is 18.2 Å². The molecule has 1 aliphatic heterocycles. The van der Waals surface area contributed by atoms with Crippen molar-refractivity contribution in [1.82, 2.24) is 10.6 Å². The van der Waals surface area contributed by atoms with Crippen LogP contribution in [0, 0.1) is 11.3 Å². The van der Waals surface area contributed by atoms with Gasteiger partial charge in [0.1, 0.15) is 6.10 Å². The van der Waals surface area contributed by atoms with Gasteiger partial charge in [-0.1, -0.05) is 96.0 Å². The van der Waals surface area contributed by atoms with Gasteiger partial charge in [0.2, 0.25) is 11.8 Å². The maximum Gasteiger partial charge on any atom is 0.250 e. The van der Waals surface area contributed by atoms with E-state index in [9.17, 15) is 19.5 Å². The molecule has 1 heterocycles. The minimum atomic E-state index is -1.26. The van der Waals surface area contributed by atoms with E-state index in [1.807, 2.05) is 44.2 Å². The first-order valence-corrected chi connectivity index (χ1v) is 15.6. The number of benzene rings is 1. The highest BCUT2D eigenvalue weighted by Gasteiger charge is 2.48. The summed E-state index contributed by atoms with van der Waals surface area (Å²) >= 11 is 0. The summed E-state index contributed by atoms with van der Waals surface area (Å²) in [5, 5.41) is 18.4. The minimum Gasteiger partial charge on any atom is -0.550 e. The van der Waals surface area contributed by atoms with Crippen molar-refractivity contribution in [3.8, 4) is 0 Å². The van der Waals surface area contributed by atoms with Crippen LogP contribution in [0.4, 0.5) is 0 Å². The molecule has 0 aromatic heterocycles. The molecular weight excluding hydrogens is 520 g/mol. The number of hydrogen-bond donors (Lipinski definition) is 2. The molecule has 0 spiro atoms. The van der Waals surface area contributed by atoms with Crippen LogP contribution in [0.2, 0.25) is 0 Å². The molecule has 1 aliphatic carbocycles. The molecule has 41 heavy (non-hydrogen) atoms. The first-order chi connectivity index (χ1) is 19.4. The van der Waals surface area contributed by atoms with E-state index in [0.717, 1.165) is 56.9 Å². The number of unbranched alkanes of at least 4 members (excludes halogenated alkanes) is 3. The van der Waals surface area contributed by atoms with Crippen molar-refractivity contribution in [2.45, 2.75) is 135 Å². The van der Waals surface area contributed by atoms with Gasteiger partial charge in [-0.25, -0.2) is 0 Å². The van der Waals surface area contributed by atoms with Crippen LogP contribution in [-0.4, -0.2) is 47.9 Å². The third kappa shape index (κ3) is 9.53. The molecular formula is C33H51N2O6-. The summed E-state index contributed by atoms with van der Waals surface area (Å²) in [5.41, 5.74) is -0.399. The van der Waals surface area contributed by atoms with E-state index in [0.29, 0.717) is 25.9 Å². The summed E-state index contributed by atoms with van der Waals surface area (Å²) < 4.78 is 11.8. The van der Waals surface area contributed by atoms with E-state index >= 15 is 0 Å². The zero-order valence-electron chi connectivity index (χ0n) is 25.8. The molecule has 3 atom stereocenters. The van der Waals surface area contributed by atoms with Gasteiger partial charge in [0.25, 0.3) is 0 Å². The Bertz CT molecular complexity index is 1000. The second-order valence-corrected chi connectivity index (χ2v) is 13.3. The Kier molecular flexibility index (Phi) is 11.8. The lowest BCUT2D eigenvalue weighted by Crippen LogP contribution is -2.67. The lowest BCUT2D eigenvalue weighted by molar-refractivity contribution is -0.307. The fraction of sp³-hybridized carbons (Fsp3) is 0.727. The average Bonchev–Trinajstić information content (AvgIpc) is 2.92. The molecule has 0 radical (unpaired) electrons. The lowest BCUT2D eigenvalue weighted by atomic mass is 9.74. The first kappa shape index (κ1) is 33.1. The Morgan fingerprint density at radius 3 is 2.32 bits per heavy atom. The normalized spacial score (nSPS) is 22.7. The van der Waals surface area contributed by atoms with Crippen molar-refractivity contribution in [3.05, 3.63) is 35.9 Å². The number of nitrogens with one attached hydrogen (secondary N) is 2. The number of carbonyl (C=O) groups is 3. The largest absolute Gasteiger partial charge is 0.550 e. The number of aliphatic carboxylic acids is 1. The standard InChI is InChI=1S/C33H52N2O6/c1-6-7-8-13-18-25(21-24-16-11-9-12-17-24)29(38)35-33(19-14-10-15-20-33)26(22-27(36)37)34-30(39)28-31(2,3)23-40-32(4,5)41-28/h9,11-12,16-17,25-26,28H,6-8,10,13-15,18-23H2,1-5H3,(H,34,39)(H,35,38)(H,36,37)/p-1. The molecule has 3 unspecified atom stereocenters. The monoisotopic (exact) mass is 571 g/mol. The number of carbonyl (C=O) groups excluding carboxylic acids is 3. The van der Waals surface area contributed by atoms with E-state index in [4.69, 9.17) is 9.47 Å². The number of carboxylic acid groups (broad SMARTS) is 1. The van der Waals surface area contributed by atoms with Crippen LogP contribution in [0.1, 0.15) is 111 Å². The molecule has 8 heteroatoms. The molecule has 2 amide bonds. The third-order valence-electron chi connectivity index (χ3n) is 8.72. The maximum atomic E-state index is 14.0. The molecule has 1 aromatic carbocycles. The lowest BCUT2D eigenvalue weighted by Gasteiger charge is -2.48. The van der Waals surface area contributed by atoms with Crippen molar-refractivity contribution in [3.63, 3.8) is 0 Å². The summed E-state index contributed by atoms with van der Waals surface area (Å²) in [4.78, 5) is 39.8.